The molecule has 0 N–H and O–H groups in total. The van der Waals surface area contributed by atoms with Crippen LogP contribution in [0.4, 0.5) is 5.69 Å². The van der Waals surface area contributed by atoms with Crippen molar-refractivity contribution in [3.63, 3.8) is 0 Å². The fourth-order valence-corrected chi connectivity index (χ4v) is 2.79. The number of piperazine rings is 1. The summed E-state index contributed by atoms with van der Waals surface area (Å²) in [7, 11) is 0. The van der Waals surface area contributed by atoms with Gasteiger partial charge in [0.25, 0.3) is 11.6 Å². The van der Waals surface area contributed by atoms with Gasteiger partial charge >= 0.3 is 0 Å². The zero-order valence-corrected chi connectivity index (χ0v) is 13.2. The molecule has 0 saturated carbocycles. The topological polar surface area (TPSA) is 66.7 Å². The summed E-state index contributed by atoms with van der Waals surface area (Å²) in [6.07, 6.45) is 0. The standard InChI is InChI=1S/C18H18N3O3/c22-18(16-4-2-1-3-5-16)20-12-10-19(11-13-20)14-15-6-8-17(9-7-15)21(23)24/h1-4,6-9H,10-14H2. The predicted molar refractivity (Wildman–Crippen MR) is 89.6 cm³/mol. The summed E-state index contributed by atoms with van der Waals surface area (Å²) >= 11 is 0. The molecule has 0 unspecified atom stereocenters. The lowest BCUT2D eigenvalue weighted by atomic mass is 10.1. The smallest absolute Gasteiger partial charge is 0.269 e. The maximum absolute atomic E-state index is 12.4. The Bertz CT molecular complexity index is 708. The van der Waals surface area contributed by atoms with Crippen molar-refractivity contribution in [1.82, 2.24) is 9.80 Å². The first-order valence-corrected chi connectivity index (χ1v) is 7.85. The number of carbonyl (C=O) groups is 1. The molecule has 1 fully saturated rings. The van der Waals surface area contributed by atoms with Crippen LogP contribution < -0.4 is 0 Å². The molecule has 2 aromatic carbocycles. The quantitative estimate of drug-likeness (QED) is 0.639. The van der Waals surface area contributed by atoms with Gasteiger partial charge in [0.15, 0.2) is 0 Å². The number of hydrogen-bond acceptors (Lipinski definition) is 4. The number of rotatable bonds is 4. The van der Waals surface area contributed by atoms with Crippen LogP contribution in [-0.4, -0.2) is 46.8 Å². The summed E-state index contributed by atoms with van der Waals surface area (Å²) in [4.78, 5) is 26.8. The average molecular weight is 324 g/mol. The molecule has 1 aliphatic heterocycles. The van der Waals surface area contributed by atoms with E-state index in [-0.39, 0.29) is 11.6 Å². The number of non-ortho nitro benzene ring substituents is 1. The predicted octanol–water partition coefficient (Wildman–Crippen LogP) is 2.35. The summed E-state index contributed by atoms with van der Waals surface area (Å²) in [6, 6.07) is 16.8. The Morgan fingerprint density at radius 1 is 1.08 bits per heavy atom. The number of nitro benzene ring substituents is 1. The first-order chi connectivity index (χ1) is 11.6. The van der Waals surface area contributed by atoms with Crippen LogP contribution in [0.15, 0.2) is 48.5 Å². The van der Waals surface area contributed by atoms with E-state index in [9.17, 15) is 14.9 Å². The highest BCUT2D eigenvalue weighted by Gasteiger charge is 2.22. The summed E-state index contributed by atoms with van der Waals surface area (Å²) in [6.45, 7) is 3.66. The van der Waals surface area contributed by atoms with Gasteiger partial charge in [-0.25, -0.2) is 0 Å². The third-order valence-electron chi connectivity index (χ3n) is 4.15. The van der Waals surface area contributed by atoms with Crippen molar-refractivity contribution in [3.8, 4) is 0 Å². The van der Waals surface area contributed by atoms with Gasteiger partial charge in [0.2, 0.25) is 0 Å². The van der Waals surface area contributed by atoms with E-state index >= 15 is 0 Å². The molecular formula is C18H18N3O3. The van der Waals surface area contributed by atoms with Crippen molar-refractivity contribution in [3.05, 3.63) is 75.8 Å². The van der Waals surface area contributed by atoms with Crippen LogP contribution >= 0.6 is 0 Å². The van der Waals surface area contributed by atoms with Crippen LogP contribution in [-0.2, 0) is 6.54 Å². The number of nitro groups is 1. The van der Waals surface area contributed by atoms with E-state index in [1.165, 1.54) is 12.1 Å². The average Bonchev–Trinajstić information content (AvgIpc) is 2.63. The van der Waals surface area contributed by atoms with Gasteiger partial charge in [-0.2, -0.15) is 0 Å². The second-order valence-electron chi connectivity index (χ2n) is 5.77. The Balaban J connectivity index is 1.53. The molecular weight excluding hydrogens is 306 g/mol. The maximum atomic E-state index is 12.4. The first kappa shape index (κ1) is 16.1. The fourth-order valence-electron chi connectivity index (χ4n) is 2.79. The van der Waals surface area contributed by atoms with E-state index in [0.717, 1.165) is 25.2 Å². The molecule has 123 valence electrons. The van der Waals surface area contributed by atoms with E-state index in [1.54, 1.807) is 24.3 Å². The zero-order chi connectivity index (χ0) is 16.9. The fraction of sp³-hybridized carbons (Fsp3) is 0.278. The molecule has 1 heterocycles. The minimum absolute atomic E-state index is 0.0191. The van der Waals surface area contributed by atoms with Crippen molar-refractivity contribution in [2.75, 3.05) is 26.2 Å². The van der Waals surface area contributed by atoms with E-state index < -0.39 is 4.92 Å². The Labute approximate surface area is 140 Å². The summed E-state index contributed by atoms with van der Waals surface area (Å²) in [5, 5.41) is 10.7. The Morgan fingerprint density at radius 3 is 2.38 bits per heavy atom. The van der Waals surface area contributed by atoms with Crippen LogP contribution in [0.3, 0.4) is 0 Å². The summed E-state index contributed by atoms with van der Waals surface area (Å²) < 4.78 is 0. The molecule has 0 bridgehead atoms. The SMILES string of the molecule is O=C(c1[c]cccc1)N1CCN(Cc2ccc([N+](=O)[O-])cc2)CC1. The van der Waals surface area contributed by atoms with Crippen molar-refractivity contribution < 1.29 is 9.72 Å². The van der Waals surface area contributed by atoms with E-state index in [4.69, 9.17) is 0 Å². The molecule has 0 aliphatic carbocycles. The lowest BCUT2D eigenvalue weighted by Gasteiger charge is -2.34. The molecule has 24 heavy (non-hydrogen) atoms. The van der Waals surface area contributed by atoms with Crippen molar-refractivity contribution in [1.29, 1.82) is 0 Å². The Kier molecular flexibility index (Phi) is 4.86. The number of hydrogen-bond donors (Lipinski definition) is 0. The van der Waals surface area contributed by atoms with Gasteiger partial charge in [0.05, 0.1) is 4.92 Å². The van der Waals surface area contributed by atoms with E-state index in [0.29, 0.717) is 18.7 Å². The molecule has 1 saturated heterocycles. The Hall–Kier alpha value is -2.73. The van der Waals surface area contributed by atoms with Gasteiger partial charge in [-0.15, -0.1) is 0 Å². The highest BCUT2D eigenvalue weighted by atomic mass is 16.6. The van der Waals surface area contributed by atoms with Crippen molar-refractivity contribution >= 4 is 11.6 Å². The third kappa shape index (κ3) is 3.78. The molecule has 0 atom stereocenters. The second kappa shape index (κ2) is 7.23. The molecule has 0 spiro atoms. The first-order valence-electron chi connectivity index (χ1n) is 7.85. The number of amides is 1. The summed E-state index contributed by atoms with van der Waals surface area (Å²) in [5.41, 5.74) is 1.74. The van der Waals surface area contributed by atoms with Gasteiger partial charge in [-0.3, -0.25) is 19.8 Å². The van der Waals surface area contributed by atoms with E-state index in [2.05, 4.69) is 11.0 Å². The highest BCUT2D eigenvalue weighted by Crippen LogP contribution is 2.15. The van der Waals surface area contributed by atoms with Gasteiger partial charge < -0.3 is 4.90 Å². The van der Waals surface area contributed by atoms with Gasteiger partial charge in [0, 0.05) is 50.4 Å². The van der Waals surface area contributed by atoms with Crippen molar-refractivity contribution in [2.45, 2.75) is 6.54 Å². The third-order valence-corrected chi connectivity index (χ3v) is 4.15. The van der Waals surface area contributed by atoms with Crippen LogP contribution in [0.2, 0.25) is 0 Å². The highest BCUT2D eigenvalue weighted by molar-refractivity contribution is 5.93. The number of carbonyl (C=O) groups excluding carboxylic acids is 1. The largest absolute Gasteiger partial charge is 0.336 e. The lowest BCUT2D eigenvalue weighted by molar-refractivity contribution is -0.384. The molecule has 2 aromatic rings. The molecule has 6 heteroatoms. The van der Waals surface area contributed by atoms with Gasteiger partial charge in [-0.05, 0) is 17.7 Å². The number of nitrogens with zero attached hydrogens (tertiary/aromatic N) is 3. The Morgan fingerprint density at radius 2 is 1.79 bits per heavy atom. The minimum atomic E-state index is -0.394. The molecule has 6 nitrogen and oxygen atoms in total. The normalized spacial score (nSPS) is 15.2. The van der Waals surface area contributed by atoms with Gasteiger partial charge in [-0.1, -0.05) is 30.3 Å². The van der Waals surface area contributed by atoms with E-state index in [1.807, 2.05) is 17.0 Å². The van der Waals surface area contributed by atoms with Crippen LogP contribution in [0.5, 0.6) is 0 Å². The molecule has 1 radical (unpaired) electrons. The van der Waals surface area contributed by atoms with Crippen LogP contribution in [0.1, 0.15) is 15.9 Å². The molecule has 0 aromatic heterocycles. The summed E-state index contributed by atoms with van der Waals surface area (Å²) in [5.74, 6) is 0.0191. The molecule has 3 rings (SSSR count). The van der Waals surface area contributed by atoms with Crippen molar-refractivity contribution in [2.24, 2.45) is 0 Å². The lowest BCUT2D eigenvalue weighted by Crippen LogP contribution is -2.48. The molecule has 1 aliphatic rings. The minimum Gasteiger partial charge on any atom is -0.336 e. The van der Waals surface area contributed by atoms with Crippen LogP contribution in [0.25, 0.3) is 0 Å². The maximum Gasteiger partial charge on any atom is 0.269 e. The number of benzene rings is 2. The van der Waals surface area contributed by atoms with Crippen LogP contribution in [0, 0.1) is 16.2 Å². The second-order valence-corrected chi connectivity index (χ2v) is 5.77. The molecule has 1 amide bonds. The zero-order valence-electron chi connectivity index (χ0n) is 13.2. The van der Waals surface area contributed by atoms with Gasteiger partial charge in [0.1, 0.15) is 0 Å². The monoisotopic (exact) mass is 324 g/mol.